The smallest absolute Gasteiger partial charge is 0.330 e. The summed E-state index contributed by atoms with van der Waals surface area (Å²) in [7, 11) is 1.59. The van der Waals surface area contributed by atoms with Crippen LogP contribution in [0.3, 0.4) is 0 Å². The van der Waals surface area contributed by atoms with Gasteiger partial charge in [-0.15, -0.1) is 0 Å². The van der Waals surface area contributed by atoms with Crippen molar-refractivity contribution in [1.29, 1.82) is 5.26 Å². The molecule has 0 aliphatic carbocycles. The highest BCUT2D eigenvalue weighted by Gasteiger charge is 2.45. The number of aromatic nitrogens is 2. The molecular formula is C39H47N4O8P. The molecule has 1 aliphatic heterocycles. The van der Waals surface area contributed by atoms with Crippen LogP contribution in [0.15, 0.2) is 101 Å². The van der Waals surface area contributed by atoms with Gasteiger partial charge >= 0.3 is 5.69 Å². The third-order valence-corrected chi connectivity index (χ3v) is 11.0. The van der Waals surface area contributed by atoms with Gasteiger partial charge < -0.3 is 28.0 Å². The van der Waals surface area contributed by atoms with E-state index >= 15 is 0 Å². The number of H-pyrrole nitrogens is 1. The third kappa shape index (κ3) is 8.81. The lowest BCUT2D eigenvalue weighted by atomic mass is 9.80. The highest BCUT2D eigenvalue weighted by molar-refractivity contribution is 7.44. The number of benzene rings is 3. The Bertz CT molecular complexity index is 1820. The molecule has 2 heterocycles. The van der Waals surface area contributed by atoms with E-state index < -0.39 is 43.8 Å². The fourth-order valence-corrected chi connectivity index (χ4v) is 8.24. The molecule has 1 fully saturated rings. The van der Waals surface area contributed by atoms with Crippen LogP contribution in [0, 0.1) is 11.3 Å². The summed E-state index contributed by atoms with van der Waals surface area (Å²) in [4.78, 5) is 27.2. The Hall–Kier alpha value is -4.34. The molecule has 0 spiro atoms. The average Bonchev–Trinajstić information content (AvgIpc) is 3.54. The van der Waals surface area contributed by atoms with Crippen molar-refractivity contribution in [3.63, 3.8) is 0 Å². The number of nitrogens with one attached hydrogen (secondary N) is 1. The molecule has 4 atom stereocenters. The predicted molar refractivity (Wildman–Crippen MR) is 198 cm³/mol. The van der Waals surface area contributed by atoms with E-state index in [1.807, 2.05) is 78.9 Å². The summed E-state index contributed by atoms with van der Waals surface area (Å²) in [5.74, 6) is 1.40. The molecule has 0 amide bonds. The van der Waals surface area contributed by atoms with Crippen LogP contribution < -0.4 is 20.7 Å². The SMILES string of the molecule is COc1ccc(C(OC[C@@H]2O[C@H](n3ccc(=O)[nH]c3=O)C[C@H]2OP(OCCC#N)N(C(C)C)C(C)C)(c2ccccc2)c2ccc(OC)cc2)cc1. The van der Waals surface area contributed by atoms with Gasteiger partial charge in [-0.3, -0.25) is 14.3 Å². The Labute approximate surface area is 305 Å². The maximum absolute atomic E-state index is 13.0. The van der Waals surface area contributed by atoms with E-state index in [1.165, 1.54) is 16.8 Å². The molecule has 3 aromatic carbocycles. The van der Waals surface area contributed by atoms with Crippen molar-refractivity contribution in [2.75, 3.05) is 27.4 Å². The van der Waals surface area contributed by atoms with E-state index in [4.69, 9.17) is 28.0 Å². The maximum Gasteiger partial charge on any atom is 0.330 e. The number of hydrogen-bond donors (Lipinski definition) is 1. The zero-order valence-corrected chi connectivity index (χ0v) is 31.3. The van der Waals surface area contributed by atoms with Gasteiger partial charge in [0.15, 0.2) is 0 Å². The van der Waals surface area contributed by atoms with Crippen molar-refractivity contribution in [3.05, 3.63) is 129 Å². The number of rotatable bonds is 17. The molecule has 1 aliphatic rings. The number of nitriles is 1. The number of aromatic amines is 1. The van der Waals surface area contributed by atoms with Crippen molar-refractivity contribution in [2.24, 2.45) is 0 Å². The van der Waals surface area contributed by atoms with Crippen LogP contribution in [0.2, 0.25) is 0 Å². The van der Waals surface area contributed by atoms with Gasteiger partial charge in [0.2, 0.25) is 0 Å². The zero-order chi connectivity index (χ0) is 37.3. The summed E-state index contributed by atoms with van der Waals surface area (Å²) < 4.78 is 41.4. The second kappa shape index (κ2) is 17.9. The fourth-order valence-electron chi connectivity index (χ4n) is 6.48. The quantitative estimate of drug-likeness (QED) is 0.0727. The van der Waals surface area contributed by atoms with Crippen LogP contribution in [0.5, 0.6) is 11.5 Å². The Morgan fingerprint density at radius 3 is 2.00 bits per heavy atom. The molecule has 0 saturated carbocycles. The standard InChI is InChI=1S/C39H47N4O8P/c1-27(2)43(28(3)4)52(49-24-10-22-40)51-34-25-37(42-23-21-36(44)41-38(42)45)50-35(34)26-48-39(29-11-8-7-9-12-29,30-13-17-32(46-5)18-14-30)31-15-19-33(47-6)20-16-31/h7-9,11-21,23,27-28,34-35,37H,10,24-26H2,1-6H3,(H,41,44,45)/t34-,35+,37+,52?/m1/s1. The van der Waals surface area contributed by atoms with Crippen molar-refractivity contribution in [3.8, 4) is 17.6 Å². The fraction of sp³-hybridized carbons (Fsp3) is 0.410. The van der Waals surface area contributed by atoms with Gasteiger partial charge in [-0.25, -0.2) is 9.46 Å². The molecule has 1 saturated heterocycles. The molecule has 5 rings (SSSR count). The van der Waals surface area contributed by atoms with Crippen molar-refractivity contribution in [2.45, 2.75) is 76.7 Å². The Morgan fingerprint density at radius 1 is 0.904 bits per heavy atom. The maximum atomic E-state index is 13.0. The molecule has 1 unspecified atom stereocenters. The normalized spacial score (nSPS) is 18.1. The number of hydrogen-bond acceptors (Lipinski definition) is 10. The molecule has 1 N–H and O–H groups in total. The van der Waals surface area contributed by atoms with Crippen LogP contribution >= 0.6 is 8.53 Å². The first-order valence-electron chi connectivity index (χ1n) is 17.3. The summed E-state index contributed by atoms with van der Waals surface area (Å²) in [6.07, 6.45) is -0.146. The van der Waals surface area contributed by atoms with Crippen molar-refractivity contribution >= 4 is 8.53 Å². The number of nitrogens with zero attached hydrogens (tertiary/aromatic N) is 3. The van der Waals surface area contributed by atoms with E-state index in [1.54, 1.807) is 14.2 Å². The molecule has 1 aromatic heterocycles. The van der Waals surface area contributed by atoms with E-state index in [9.17, 15) is 14.9 Å². The number of methoxy groups -OCH3 is 2. The second-order valence-corrected chi connectivity index (χ2v) is 14.3. The van der Waals surface area contributed by atoms with Crippen LogP contribution in [0.1, 0.15) is 63.5 Å². The Morgan fingerprint density at radius 2 is 1.48 bits per heavy atom. The second-order valence-electron chi connectivity index (χ2n) is 12.9. The van der Waals surface area contributed by atoms with E-state index in [0.717, 1.165) is 16.7 Å². The van der Waals surface area contributed by atoms with Gasteiger partial charge in [0.05, 0.1) is 46.0 Å². The summed E-state index contributed by atoms with van der Waals surface area (Å²) in [5.41, 5.74) is 0.352. The lowest BCUT2D eigenvalue weighted by Gasteiger charge is -2.39. The average molecular weight is 731 g/mol. The molecule has 52 heavy (non-hydrogen) atoms. The summed E-state index contributed by atoms with van der Waals surface area (Å²) in [6.45, 7) is 8.51. The summed E-state index contributed by atoms with van der Waals surface area (Å²) in [6, 6.07) is 29.0. The van der Waals surface area contributed by atoms with Crippen molar-refractivity contribution < 1.29 is 28.0 Å². The van der Waals surface area contributed by atoms with E-state index in [2.05, 4.69) is 43.4 Å². The highest BCUT2D eigenvalue weighted by atomic mass is 31.2. The predicted octanol–water partition coefficient (Wildman–Crippen LogP) is 6.51. The summed E-state index contributed by atoms with van der Waals surface area (Å²) in [5, 5.41) is 9.27. The first-order valence-corrected chi connectivity index (χ1v) is 18.4. The molecule has 0 bridgehead atoms. The van der Waals surface area contributed by atoms with Gasteiger partial charge in [0, 0.05) is 30.8 Å². The Balaban J connectivity index is 1.59. The van der Waals surface area contributed by atoms with Gasteiger partial charge in [0.25, 0.3) is 14.1 Å². The van der Waals surface area contributed by atoms with Gasteiger partial charge in [-0.1, -0.05) is 54.6 Å². The first kappa shape index (κ1) is 38.9. The lowest BCUT2D eigenvalue weighted by Crippen LogP contribution is -2.39. The largest absolute Gasteiger partial charge is 0.497 e. The van der Waals surface area contributed by atoms with E-state index in [0.29, 0.717) is 11.5 Å². The van der Waals surface area contributed by atoms with Gasteiger partial charge in [-0.2, -0.15) is 5.26 Å². The highest BCUT2D eigenvalue weighted by Crippen LogP contribution is 2.50. The Kier molecular flexibility index (Phi) is 13.4. The van der Waals surface area contributed by atoms with Crippen LogP contribution in [-0.2, 0) is 24.1 Å². The third-order valence-electron chi connectivity index (χ3n) is 8.87. The lowest BCUT2D eigenvalue weighted by molar-refractivity contribution is -0.0925. The first-order chi connectivity index (χ1) is 25.1. The van der Waals surface area contributed by atoms with Crippen LogP contribution in [0.4, 0.5) is 0 Å². The minimum Gasteiger partial charge on any atom is -0.497 e. The molecule has 0 radical (unpaired) electrons. The van der Waals surface area contributed by atoms with E-state index in [-0.39, 0.29) is 38.1 Å². The molecule has 13 heteroatoms. The van der Waals surface area contributed by atoms with Crippen LogP contribution in [-0.4, -0.2) is 65.9 Å². The topological polar surface area (TPSA) is 137 Å². The van der Waals surface area contributed by atoms with Gasteiger partial charge in [0.1, 0.15) is 29.4 Å². The summed E-state index contributed by atoms with van der Waals surface area (Å²) >= 11 is 0. The van der Waals surface area contributed by atoms with Crippen LogP contribution in [0.25, 0.3) is 0 Å². The molecule has 276 valence electrons. The van der Waals surface area contributed by atoms with Gasteiger partial charge in [-0.05, 0) is 68.7 Å². The minimum atomic E-state index is -1.66. The molecule has 12 nitrogen and oxygen atoms in total. The minimum absolute atomic E-state index is 0.0386. The zero-order valence-electron chi connectivity index (χ0n) is 30.4. The monoisotopic (exact) mass is 730 g/mol. The molecular weight excluding hydrogens is 683 g/mol. The molecule has 4 aromatic rings. The number of ether oxygens (including phenoxy) is 4. The van der Waals surface area contributed by atoms with Crippen molar-refractivity contribution in [1.82, 2.24) is 14.2 Å².